The molecular weight excluding hydrogens is 434 g/mol. The van der Waals surface area contributed by atoms with Crippen molar-refractivity contribution in [3.8, 4) is 11.1 Å². The Morgan fingerprint density at radius 2 is 1.61 bits per heavy atom. The summed E-state index contributed by atoms with van der Waals surface area (Å²) in [7, 11) is 0. The minimum Gasteiger partial charge on any atom is -0.477 e. The van der Waals surface area contributed by atoms with Gasteiger partial charge >= 0.3 is 18.0 Å². The largest absolute Gasteiger partial charge is 0.477 e. The molecule has 174 valence electrons. The fourth-order valence-electron chi connectivity index (χ4n) is 4.32. The summed E-state index contributed by atoms with van der Waals surface area (Å²) in [5.74, 6) is -7.65. The minimum absolute atomic E-state index is 0.0515. The normalized spacial score (nSPS) is 16.2. The van der Waals surface area contributed by atoms with Crippen molar-refractivity contribution in [1.29, 1.82) is 0 Å². The topological polar surface area (TPSA) is 105 Å². The van der Waals surface area contributed by atoms with Crippen LogP contribution in [0.2, 0.25) is 0 Å². The number of hydrogen-bond acceptors (Lipinski definition) is 4. The number of fused-ring (bicyclic) bond motifs is 3. The van der Waals surface area contributed by atoms with Crippen molar-refractivity contribution in [1.82, 2.24) is 10.6 Å². The summed E-state index contributed by atoms with van der Waals surface area (Å²) < 4.78 is 32.1. The van der Waals surface area contributed by atoms with Gasteiger partial charge < -0.3 is 20.5 Å². The van der Waals surface area contributed by atoms with Gasteiger partial charge in [-0.15, -0.1) is 0 Å². The number of carbonyl (C=O) groups excluding carboxylic acids is 2. The van der Waals surface area contributed by atoms with E-state index in [4.69, 9.17) is 9.84 Å². The zero-order chi connectivity index (χ0) is 23.6. The van der Waals surface area contributed by atoms with Crippen molar-refractivity contribution in [2.24, 2.45) is 5.92 Å². The van der Waals surface area contributed by atoms with Crippen molar-refractivity contribution < 1.29 is 33.0 Å². The maximum absolute atomic E-state index is 13.3. The zero-order valence-corrected chi connectivity index (χ0v) is 17.7. The molecular formula is C24H24F2N2O5. The first-order valence-electron chi connectivity index (χ1n) is 10.8. The number of halogens is 2. The van der Waals surface area contributed by atoms with E-state index >= 15 is 0 Å². The van der Waals surface area contributed by atoms with Crippen LogP contribution in [0.3, 0.4) is 0 Å². The molecule has 0 heterocycles. The Kier molecular flexibility index (Phi) is 6.31. The van der Waals surface area contributed by atoms with Crippen LogP contribution in [0.5, 0.6) is 0 Å². The Labute approximate surface area is 189 Å². The molecule has 1 saturated carbocycles. The number of nitrogens with one attached hydrogen (secondary N) is 2. The summed E-state index contributed by atoms with van der Waals surface area (Å²) in [6, 6.07) is 14.6. The molecule has 9 heteroatoms. The molecule has 0 aromatic heterocycles. The van der Waals surface area contributed by atoms with E-state index in [2.05, 4.69) is 5.32 Å². The predicted molar refractivity (Wildman–Crippen MR) is 115 cm³/mol. The van der Waals surface area contributed by atoms with Crippen LogP contribution in [0, 0.1) is 5.92 Å². The molecule has 2 aromatic carbocycles. The number of rotatable bonds is 8. The highest BCUT2D eigenvalue weighted by atomic mass is 19.3. The van der Waals surface area contributed by atoms with Crippen LogP contribution < -0.4 is 10.6 Å². The standard InChI is InChI=1S/C24H24F2N2O5/c25-24(26,22(30)31)13-27-21(29)20(14-6-5-7-14)28-23(32)33-12-19-17-10-3-1-8-15(17)16-9-2-4-11-18(16)19/h1-4,8-11,14,19-20H,5-7,12-13H2,(H,27,29)(H,28,32)(H,30,31). The van der Waals surface area contributed by atoms with E-state index in [0.29, 0.717) is 12.8 Å². The van der Waals surface area contributed by atoms with Gasteiger partial charge in [-0.3, -0.25) is 4.79 Å². The van der Waals surface area contributed by atoms with Gasteiger partial charge in [0.25, 0.3) is 0 Å². The molecule has 0 radical (unpaired) electrons. The molecule has 1 atom stereocenters. The summed E-state index contributed by atoms with van der Waals surface area (Å²) in [4.78, 5) is 35.6. The number of amides is 2. The second kappa shape index (κ2) is 9.17. The molecule has 7 nitrogen and oxygen atoms in total. The van der Waals surface area contributed by atoms with Crippen LogP contribution >= 0.6 is 0 Å². The van der Waals surface area contributed by atoms with Gasteiger partial charge in [0.2, 0.25) is 5.91 Å². The number of carboxylic acid groups (broad SMARTS) is 1. The van der Waals surface area contributed by atoms with Crippen LogP contribution in [-0.2, 0) is 14.3 Å². The van der Waals surface area contributed by atoms with Gasteiger partial charge in [-0.05, 0) is 41.0 Å². The van der Waals surface area contributed by atoms with Gasteiger partial charge in [-0.25, -0.2) is 9.59 Å². The van der Waals surface area contributed by atoms with E-state index in [-0.39, 0.29) is 18.4 Å². The van der Waals surface area contributed by atoms with Crippen LogP contribution in [0.25, 0.3) is 11.1 Å². The summed E-state index contributed by atoms with van der Waals surface area (Å²) in [5, 5.41) is 13.0. The number of carboxylic acids is 1. The highest BCUT2D eigenvalue weighted by Gasteiger charge is 2.41. The molecule has 33 heavy (non-hydrogen) atoms. The predicted octanol–water partition coefficient (Wildman–Crippen LogP) is 3.53. The maximum atomic E-state index is 13.3. The average Bonchev–Trinajstić information content (AvgIpc) is 3.08. The van der Waals surface area contributed by atoms with E-state index in [0.717, 1.165) is 28.7 Å². The van der Waals surface area contributed by atoms with Gasteiger partial charge in [0.15, 0.2) is 0 Å². The second-order valence-electron chi connectivity index (χ2n) is 8.37. The molecule has 2 aliphatic carbocycles. The number of benzene rings is 2. The molecule has 4 rings (SSSR count). The van der Waals surface area contributed by atoms with E-state index in [1.54, 1.807) is 0 Å². The van der Waals surface area contributed by atoms with Gasteiger partial charge in [-0.2, -0.15) is 8.78 Å². The minimum atomic E-state index is -4.09. The fraction of sp³-hybridized carbons (Fsp3) is 0.375. The third kappa shape index (κ3) is 4.67. The van der Waals surface area contributed by atoms with Crippen molar-refractivity contribution >= 4 is 18.0 Å². The highest BCUT2D eigenvalue weighted by Crippen LogP contribution is 2.44. The van der Waals surface area contributed by atoms with E-state index < -0.39 is 36.5 Å². The Hall–Kier alpha value is -3.49. The fourth-order valence-corrected chi connectivity index (χ4v) is 4.32. The molecule has 2 amide bonds. The number of alkyl carbamates (subject to hydrolysis) is 1. The molecule has 1 unspecified atom stereocenters. The lowest BCUT2D eigenvalue weighted by Crippen LogP contribution is -2.55. The van der Waals surface area contributed by atoms with Crippen molar-refractivity contribution in [3.05, 3.63) is 59.7 Å². The van der Waals surface area contributed by atoms with Crippen molar-refractivity contribution in [3.63, 3.8) is 0 Å². The van der Waals surface area contributed by atoms with Gasteiger partial charge in [0.1, 0.15) is 12.6 Å². The lowest BCUT2D eigenvalue weighted by Gasteiger charge is -2.33. The first kappa shape index (κ1) is 22.7. The molecule has 3 N–H and O–H groups in total. The average molecular weight is 458 g/mol. The maximum Gasteiger partial charge on any atom is 0.407 e. The zero-order valence-electron chi connectivity index (χ0n) is 17.7. The smallest absolute Gasteiger partial charge is 0.407 e. The van der Waals surface area contributed by atoms with Gasteiger partial charge in [0, 0.05) is 5.92 Å². The second-order valence-corrected chi connectivity index (χ2v) is 8.37. The van der Waals surface area contributed by atoms with Crippen LogP contribution in [-0.4, -0.2) is 48.2 Å². The number of ether oxygens (including phenoxy) is 1. The molecule has 1 fully saturated rings. The SMILES string of the molecule is O=C(NC(C(=O)NCC(F)(F)C(=O)O)C1CCC1)OCC1c2ccccc2-c2ccccc21. The molecule has 0 aliphatic heterocycles. The van der Waals surface area contributed by atoms with E-state index in [1.165, 1.54) is 0 Å². The summed E-state index contributed by atoms with van der Waals surface area (Å²) >= 11 is 0. The monoisotopic (exact) mass is 458 g/mol. The quantitative estimate of drug-likeness (QED) is 0.561. The third-order valence-electron chi connectivity index (χ3n) is 6.32. The number of hydrogen-bond donors (Lipinski definition) is 3. The highest BCUT2D eigenvalue weighted by molar-refractivity contribution is 5.87. The van der Waals surface area contributed by atoms with Crippen molar-refractivity contribution in [2.75, 3.05) is 13.2 Å². The third-order valence-corrected chi connectivity index (χ3v) is 6.32. The summed E-state index contributed by atoms with van der Waals surface area (Å²) in [5.41, 5.74) is 4.23. The first-order chi connectivity index (χ1) is 15.8. The summed E-state index contributed by atoms with van der Waals surface area (Å²) in [6.07, 6.45) is 1.33. The van der Waals surface area contributed by atoms with Crippen LogP contribution in [0.4, 0.5) is 13.6 Å². The number of alkyl halides is 2. The van der Waals surface area contributed by atoms with E-state index in [9.17, 15) is 23.2 Å². The Balaban J connectivity index is 1.39. The number of aliphatic carboxylic acids is 1. The lowest BCUT2D eigenvalue weighted by atomic mass is 9.79. The molecule has 0 saturated heterocycles. The molecule has 2 aliphatic rings. The Bertz CT molecular complexity index is 1020. The number of carbonyl (C=O) groups is 3. The molecule has 0 spiro atoms. The Morgan fingerprint density at radius 3 is 2.12 bits per heavy atom. The molecule has 0 bridgehead atoms. The summed E-state index contributed by atoms with van der Waals surface area (Å²) in [6.45, 7) is -1.30. The Morgan fingerprint density at radius 1 is 1.03 bits per heavy atom. The van der Waals surface area contributed by atoms with Gasteiger partial charge in [-0.1, -0.05) is 55.0 Å². The first-order valence-corrected chi connectivity index (χ1v) is 10.8. The van der Waals surface area contributed by atoms with Crippen LogP contribution in [0.1, 0.15) is 36.3 Å². The lowest BCUT2D eigenvalue weighted by molar-refractivity contribution is -0.164. The van der Waals surface area contributed by atoms with Gasteiger partial charge in [0.05, 0.1) is 6.54 Å². The van der Waals surface area contributed by atoms with Crippen molar-refractivity contribution in [2.45, 2.75) is 37.1 Å². The van der Waals surface area contributed by atoms with Crippen LogP contribution in [0.15, 0.2) is 48.5 Å². The van der Waals surface area contributed by atoms with E-state index in [1.807, 2.05) is 53.8 Å². The molecule has 2 aromatic rings.